The van der Waals surface area contributed by atoms with Crippen LogP contribution < -0.4 is 5.73 Å². The van der Waals surface area contributed by atoms with Gasteiger partial charge in [0.2, 0.25) is 0 Å². The third-order valence-electron chi connectivity index (χ3n) is 4.36. The summed E-state index contributed by atoms with van der Waals surface area (Å²) in [6, 6.07) is 0.459. The first-order chi connectivity index (χ1) is 9.72. The average Bonchev–Trinajstić information content (AvgIpc) is 2.80. The van der Waals surface area contributed by atoms with Gasteiger partial charge in [0.05, 0.1) is 12.1 Å². The first kappa shape index (κ1) is 16.5. The lowest BCUT2D eigenvalue weighted by atomic mass is 10.0. The van der Waals surface area contributed by atoms with E-state index in [1.807, 2.05) is 20.8 Å². The van der Waals surface area contributed by atoms with Crippen molar-refractivity contribution >= 4 is 6.09 Å². The minimum Gasteiger partial charge on any atom is -0.444 e. The van der Waals surface area contributed by atoms with Gasteiger partial charge in [-0.1, -0.05) is 0 Å². The van der Waals surface area contributed by atoms with Crippen LogP contribution in [-0.2, 0) is 4.74 Å². The predicted molar refractivity (Wildman–Crippen MR) is 81.0 cm³/mol. The molecule has 0 bridgehead atoms. The highest BCUT2D eigenvalue weighted by molar-refractivity contribution is 5.68. The standard InChI is InChI=1S/C15H29N3O3/c1-14(2,3)21-13(20)17-7-4-12(5-8-17)18-9-6-15(16,10-18)11-19/h12,19H,4-11,16H2,1-3H3. The lowest BCUT2D eigenvalue weighted by Crippen LogP contribution is -2.50. The zero-order valence-corrected chi connectivity index (χ0v) is 13.5. The molecular weight excluding hydrogens is 270 g/mol. The predicted octanol–water partition coefficient (Wildman–Crippen LogP) is 0.781. The first-order valence-electron chi connectivity index (χ1n) is 7.84. The monoisotopic (exact) mass is 299 g/mol. The van der Waals surface area contributed by atoms with Crippen LogP contribution in [0.3, 0.4) is 0 Å². The summed E-state index contributed by atoms with van der Waals surface area (Å²) in [5, 5.41) is 9.34. The summed E-state index contributed by atoms with van der Waals surface area (Å²) in [4.78, 5) is 16.2. The molecule has 0 aromatic rings. The highest BCUT2D eigenvalue weighted by Crippen LogP contribution is 2.26. The summed E-state index contributed by atoms with van der Waals surface area (Å²) in [5.41, 5.74) is 5.24. The molecule has 3 N–H and O–H groups in total. The molecule has 0 spiro atoms. The molecule has 0 aromatic heterocycles. The molecular formula is C15H29N3O3. The largest absolute Gasteiger partial charge is 0.444 e. The minimum absolute atomic E-state index is 0.0419. The topological polar surface area (TPSA) is 79.0 Å². The number of likely N-dealkylation sites (tertiary alicyclic amines) is 2. The molecule has 2 heterocycles. The van der Waals surface area contributed by atoms with Crippen LogP contribution in [0.15, 0.2) is 0 Å². The summed E-state index contributed by atoms with van der Waals surface area (Å²) in [7, 11) is 0. The van der Waals surface area contributed by atoms with Gasteiger partial charge in [-0.05, 0) is 40.0 Å². The van der Waals surface area contributed by atoms with Gasteiger partial charge in [0, 0.05) is 32.2 Å². The number of nitrogens with zero attached hydrogens (tertiary/aromatic N) is 2. The Kier molecular flexibility index (Phi) is 4.80. The van der Waals surface area contributed by atoms with E-state index in [9.17, 15) is 9.90 Å². The van der Waals surface area contributed by atoms with Crippen LogP contribution in [0.1, 0.15) is 40.0 Å². The molecule has 0 aromatic carbocycles. The van der Waals surface area contributed by atoms with Crippen molar-refractivity contribution in [1.82, 2.24) is 9.80 Å². The Morgan fingerprint density at radius 3 is 2.43 bits per heavy atom. The maximum atomic E-state index is 12.0. The molecule has 122 valence electrons. The van der Waals surface area contributed by atoms with Gasteiger partial charge >= 0.3 is 6.09 Å². The third kappa shape index (κ3) is 4.31. The molecule has 2 aliphatic rings. The molecule has 2 aliphatic heterocycles. The molecule has 1 atom stereocenters. The van der Waals surface area contributed by atoms with Crippen molar-refractivity contribution in [3.05, 3.63) is 0 Å². The van der Waals surface area contributed by atoms with Crippen molar-refractivity contribution in [1.29, 1.82) is 0 Å². The zero-order chi connectivity index (χ0) is 15.7. The number of carbonyl (C=O) groups excluding carboxylic acids is 1. The quantitative estimate of drug-likeness (QED) is 0.788. The highest BCUT2D eigenvalue weighted by Gasteiger charge is 2.38. The Hall–Kier alpha value is -0.850. The van der Waals surface area contributed by atoms with E-state index in [1.54, 1.807) is 4.90 Å². The van der Waals surface area contributed by atoms with E-state index < -0.39 is 11.1 Å². The van der Waals surface area contributed by atoms with Crippen molar-refractivity contribution in [2.24, 2.45) is 5.73 Å². The normalized spacial score (nSPS) is 28.9. The number of aliphatic hydroxyl groups is 1. The minimum atomic E-state index is -0.442. The molecule has 0 saturated carbocycles. The molecule has 2 rings (SSSR count). The van der Waals surface area contributed by atoms with Gasteiger partial charge in [0.15, 0.2) is 0 Å². The SMILES string of the molecule is CC(C)(C)OC(=O)N1CCC(N2CCC(N)(CO)C2)CC1. The highest BCUT2D eigenvalue weighted by atomic mass is 16.6. The summed E-state index contributed by atoms with van der Waals surface area (Å²) >= 11 is 0. The van der Waals surface area contributed by atoms with Gasteiger partial charge in [-0.15, -0.1) is 0 Å². The van der Waals surface area contributed by atoms with Crippen molar-refractivity contribution < 1.29 is 14.6 Å². The van der Waals surface area contributed by atoms with E-state index >= 15 is 0 Å². The number of rotatable bonds is 2. The van der Waals surface area contributed by atoms with Gasteiger partial charge in [-0.25, -0.2) is 4.79 Å². The van der Waals surface area contributed by atoms with Crippen LogP contribution in [0.5, 0.6) is 0 Å². The first-order valence-corrected chi connectivity index (χ1v) is 7.84. The van der Waals surface area contributed by atoms with Gasteiger partial charge in [0.25, 0.3) is 0 Å². The van der Waals surface area contributed by atoms with Crippen LogP contribution in [0.25, 0.3) is 0 Å². The van der Waals surface area contributed by atoms with Gasteiger partial charge in [-0.2, -0.15) is 0 Å². The van der Waals surface area contributed by atoms with E-state index in [0.29, 0.717) is 6.04 Å². The Labute approximate surface area is 127 Å². The Bertz CT molecular complexity index is 375. The Morgan fingerprint density at radius 2 is 1.95 bits per heavy atom. The molecule has 0 aliphatic carbocycles. The van der Waals surface area contributed by atoms with E-state index in [-0.39, 0.29) is 12.7 Å². The number of nitrogens with two attached hydrogens (primary N) is 1. The number of piperidine rings is 1. The van der Waals surface area contributed by atoms with Crippen LogP contribution in [0, 0.1) is 0 Å². The molecule has 0 radical (unpaired) electrons. The fourth-order valence-electron chi connectivity index (χ4n) is 3.11. The number of carbonyl (C=O) groups is 1. The summed E-state index contributed by atoms with van der Waals surface area (Å²) in [6.45, 7) is 8.85. The lowest BCUT2D eigenvalue weighted by Gasteiger charge is -2.37. The van der Waals surface area contributed by atoms with Crippen molar-refractivity contribution in [2.75, 3.05) is 32.8 Å². The second kappa shape index (κ2) is 6.10. The molecule has 2 saturated heterocycles. The van der Waals surface area contributed by atoms with Gasteiger partial charge in [0.1, 0.15) is 5.60 Å². The smallest absolute Gasteiger partial charge is 0.410 e. The molecule has 1 amide bonds. The van der Waals surface area contributed by atoms with E-state index in [1.165, 1.54) is 0 Å². The fourth-order valence-corrected chi connectivity index (χ4v) is 3.11. The van der Waals surface area contributed by atoms with E-state index in [2.05, 4.69) is 4.90 Å². The van der Waals surface area contributed by atoms with Crippen LogP contribution in [-0.4, -0.2) is 71.0 Å². The van der Waals surface area contributed by atoms with Crippen molar-refractivity contribution in [3.63, 3.8) is 0 Å². The fraction of sp³-hybridized carbons (Fsp3) is 0.933. The second-order valence-corrected chi connectivity index (χ2v) is 7.44. The maximum Gasteiger partial charge on any atom is 0.410 e. The average molecular weight is 299 g/mol. The van der Waals surface area contributed by atoms with Crippen LogP contribution in [0.4, 0.5) is 4.79 Å². The summed E-state index contributed by atoms with van der Waals surface area (Å²) in [5.74, 6) is 0. The zero-order valence-electron chi connectivity index (χ0n) is 13.5. The van der Waals surface area contributed by atoms with Gasteiger partial charge < -0.3 is 20.5 Å². The molecule has 6 nitrogen and oxygen atoms in total. The van der Waals surface area contributed by atoms with Crippen molar-refractivity contribution in [3.8, 4) is 0 Å². The number of hydrogen-bond donors (Lipinski definition) is 2. The summed E-state index contributed by atoms with van der Waals surface area (Å²) < 4.78 is 5.41. The van der Waals surface area contributed by atoms with Gasteiger partial charge in [-0.3, -0.25) is 4.90 Å². The second-order valence-electron chi connectivity index (χ2n) is 7.44. The number of aliphatic hydroxyl groups excluding tert-OH is 1. The maximum absolute atomic E-state index is 12.0. The Morgan fingerprint density at radius 1 is 1.33 bits per heavy atom. The molecule has 6 heteroatoms. The number of ether oxygens (including phenoxy) is 1. The van der Waals surface area contributed by atoms with Crippen LogP contribution >= 0.6 is 0 Å². The number of amides is 1. The molecule has 1 unspecified atom stereocenters. The van der Waals surface area contributed by atoms with Crippen LogP contribution in [0.2, 0.25) is 0 Å². The summed E-state index contributed by atoms with van der Waals surface area (Å²) in [6.07, 6.45) is 2.52. The van der Waals surface area contributed by atoms with E-state index in [0.717, 1.165) is 45.4 Å². The van der Waals surface area contributed by atoms with Crippen molar-refractivity contribution in [2.45, 2.75) is 57.2 Å². The van der Waals surface area contributed by atoms with E-state index in [4.69, 9.17) is 10.5 Å². The lowest BCUT2D eigenvalue weighted by molar-refractivity contribution is 0.0151. The molecule has 21 heavy (non-hydrogen) atoms. The Balaban J connectivity index is 1.80. The number of hydrogen-bond acceptors (Lipinski definition) is 5. The third-order valence-corrected chi connectivity index (χ3v) is 4.36. The molecule has 2 fully saturated rings.